The second-order valence-corrected chi connectivity index (χ2v) is 7.27. The van der Waals surface area contributed by atoms with Gasteiger partial charge < -0.3 is 20.5 Å². The van der Waals surface area contributed by atoms with E-state index in [9.17, 15) is 9.59 Å². The van der Waals surface area contributed by atoms with Crippen LogP contribution in [0.5, 0.6) is 0 Å². The molecule has 3 N–H and O–H groups in total. The Hall–Kier alpha value is -1.89. The molecule has 1 aromatic rings. The molecule has 7 heteroatoms. The van der Waals surface area contributed by atoms with Crippen LogP contribution in [0.2, 0.25) is 0 Å². The van der Waals surface area contributed by atoms with Crippen molar-refractivity contribution in [3.05, 3.63) is 17.5 Å². The van der Waals surface area contributed by atoms with E-state index in [1.165, 1.54) is 0 Å². The van der Waals surface area contributed by atoms with Crippen molar-refractivity contribution in [2.24, 2.45) is 5.73 Å². The van der Waals surface area contributed by atoms with Gasteiger partial charge >= 0.3 is 0 Å². The Bertz CT molecular complexity index is 611. The molecule has 2 fully saturated rings. The van der Waals surface area contributed by atoms with Crippen molar-refractivity contribution in [1.29, 1.82) is 0 Å². The number of nitrogens with one attached hydrogen (secondary N) is 1. The molecule has 0 bridgehead atoms. The molecule has 0 aromatic carbocycles. The molecule has 1 aliphatic heterocycles. The third-order valence-electron chi connectivity index (χ3n) is 5.12. The first-order valence-corrected chi connectivity index (χ1v) is 9.35. The number of rotatable bonds is 7. The van der Waals surface area contributed by atoms with E-state index in [4.69, 9.17) is 10.3 Å². The van der Waals surface area contributed by atoms with Crippen molar-refractivity contribution in [3.63, 3.8) is 0 Å². The van der Waals surface area contributed by atoms with Gasteiger partial charge in [0.15, 0.2) is 5.69 Å². The highest BCUT2D eigenvalue weighted by Gasteiger charge is 2.31. The number of piperidine rings is 1. The lowest BCUT2D eigenvalue weighted by Crippen LogP contribution is -2.50. The van der Waals surface area contributed by atoms with Crippen molar-refractivity contribution < 1.29 is 14.1 Å². The largest absolute Gasteiger partial charge is 0.360 e. The van der Waals surface area contributed by atoms with E-state index in [-0.39, 0.29) is 23.9 Å². The SMILES string of the molecule is C[C@H]1C[C@H](NC(=O)c2cc(C3CC3)on2)CCN1C(=O)CCCCN. The minimum atomic E-state index is -0.185. The third kappa shape index (κ3) is 4.60. The van der Waals surface area contributed by atoms with Crippen LogP contribution in [-0.4, -0.2) is 47.0 Å². The van der Waals surface area contributed by atoms with E-state index < -0.39 is 0 Å². The van der Waals surface area contributed by atoms with Gasteiger partial charge in [-0.25, -0.2) is 0 Å². The van der Waals surface area contributed by atoms with Crippen molar-refractivity contribution in [2.45, 2.75) is 69.9 Å². The average molecular weight is 348 g/mol. The van der Waals surface area contributed by atoms with Crippen molar-refractivity contribution in [1.82, 2.24) is 15.4 Å². The molecule has 2 aliphatic rings. The summed E-state index contributed by atoms with van der Waals surface area (Å²) in [4.78, 5) is 26.6. The molecule has 1 aliphatic carbocycles. The number of carbonyl (C=O) groups excluding carboxylic acids is 2. The topological polar surface area (TPSA) is 101 Å². The Morgan fingerprint density at radius 2 is 2.16 bits per heavy atom. The molecular weight excluding hydrogens is 320 g/mol. The first kappa shape index (κ1) is 17.9. The quantitative estimate of drug-likeness (QED) is 0.732. The number of unbranched alkanes of at least 4 members (excludes halogenated alkanes) is 1. The number of nitrogens with two attached hydrogens (primary N) is 1. The number of carbonyl (C=O) groups is 2. The molecule has 2 heterocycles. The maximum absolute atomic E-state index is 12.3. The zero-order chi connectivity index (χ0) is 17.8. The lowest BCUT2D eigenvalue weighted by atomic mass is 9.97. The third-order valence-corrected chi connectivity index (χ3v) is 5.12. The molecular formula is C18H28N4O3. The van der Waals surface area contributed by atoms with Gasteiger partial charge in [0, 0.05) is 37.0 Å². The van der Waals surface area contributed by atoms with Gasteiger partial charge in [0.25, 0.3) is 5.91 Å². The van der Waals surface area contributed by atoms with E-state index >= 15 is 0 Å². The van der Waals surface area contributed by atoms with Gasteiger partial charge in [0.05, 0.1) is 0 Å². The fraction of sp³-hybridized carbons (Fsp3) is 0.722. The van der Waals surface area contributed by atoms with E-state index in [0.29, 0.717) is 31.1 Å². The van der Waals surface area contributed by atoms with Crippen LogP contribution in [0.3, 0.4) is 0 Å². The van der Waals surface area contributed by atoms with Gasteiger partial charge in [-0.2, -0.15) is 0 Å². The monoisotopic (exact) mass is 348 g/mol. The second-order valence-electron chi connectivity index (χ2n) is 7.27. The van der Waals surface area contributed by atoms with Crippen LogP contribution in [0.25, 0.3) is 0 Å². The van der Waals surface area contributed by atoms with E-state index in [1.807, 2.05) is 11.8 Å². The molecule has 138 valence electrons. The van der Waals surface area contributed by atoms with Crippen LogP contribution < -0.4 is 11.1 Å². The van der Waals surface area contributed by atoms with E-state index in [0.717, 1.165) is 44.3 Å². The Labute approximate surface area is 148 Å². The molecule has 2 amide bonds. The van der Waals surface area contributed by atoms with Gasteiger partial charge in [-0.1, -0.05) is 5.16 Å². The molecule has 2 atom stereocenters. The summed E-state index contributed by atoms with van der Waals surface area (Å²) in [5.74, 6) is 1.27. The van der Waals surface area contributed by atoms with E-state index in [1.54, 1.807) is 6.07 Å². The average Bonchev–Trinajstić information content (AvgIpc) is 3.32. The molecule has 0 radical (unpaired) electrons. The maximum Gasteiger partial charge on any atom is 0.273 e. The number of likely N-dealkylation sites (tertiary alicyclic amines) is 1. The summed E-state index contributed by atoms with van der Waals surface area (Å²) in [6.45, 7) is 3.35. The zero-order valence-corrected chi connectivity index (χ0v) is 14.9. The molecule has 1 saturated carbocycles. The highest BCUT2D eigenvalue weighted by molar-refractivity contribution is 5.92. The van der Waals surface area contributed by atoms with Crippen LogP contribution in [0, 0.1) is 0 Å². The number of aromatic nitrogens is 1. The Morgan fingerprint density at radius 1 is 1.36 bits per heavy atom. The fourth-order valence-electron chi connectivity index (χ4n) is 3.45. The summed E-state index contributed by atoms with van der Waals surface area (Å²) in [7, 11) is 0. The van der Waals surface area contributed by atoms with E-state index in [2.05, 4.69) is 10.5 Å². The predicted octanol–water partition coefficient (Wildman–Crippen LogP) is 1.79. The minimum Gasteiger partial charge on any atom is -0.360 e. The van der Waals surface area contributed by atoms with Gasteiger partial charge in [-0.3, -0.25) is 9.59 Å². The molecule has 3 rings (SSSR count). The van der Waals surface area contributed by atoms with Crippen molar-refractivity contribution >= 4 is 11.8 Å². The normalized spacial score (nSPS) is 23.5. The minimum absolute atomic E-state index is 0.0664. The number of hydrogen-bond donors (Lipinski definition) is 2. The van der Waals surface area contributed by atoms with Crippen LogP contribution in [-0.2, 0) is 4.79 Å². The molecule has 0 unspecified atom stereocenters. The predicted molar refractivity (Wildman–Crippen MR) is 93.0 cm³/mol. The van der Waals surface area contributed by atoms with Crippen molar-refractivity contribution in [2.75, 3.05) is 13.1 Å². The Balaban J connectivity index is 1.47. The summed E-state index contributed by atoms with van der Waals surface area (Å²) in [6, 6.07) is 1.95. The van der Waals surface area contributed by atoms with Gasteiger partial charge in [-0.05, 0) is 52.0 Å². The van der Waals surface area contributed by atoms with Crippen LogP contribution >= 0.6 is 0 Å². The first-order valence-electron chi connectivity index (χ1n) is 9.35. The van der Waals surface area contributed by atoms with Crippen LogP contribution in [0.15, 0.2) is 10.6 Å². The summed E-state index contributed by atoms with van der Waals surface area (Å²) in [5.41, 5.74) is 5.83. The molecule has 7 nitrogen and oxygen atoms in total. The lowest BCUT2D eigenvalue weighted by Gasteiger charge is -2.38. The zero-order valence-electron chi connectivity index (χ0n) is 14.9. The second kappa shape index (κ2) is 7.99. The molecule has 25 heavy (non-hydrogen) atoms. The van der Waals surface area contributed by atoms with Gasteiger partial charge in [-0.15, -0.1) is 0 Å². The maximum atomic E-state index is 12.3. The van der Waals surface area contributed by atoms with Crippen LogP contribution in [0.1, 0.15) is 74.0 Å². The number of hydrogen-bond acceptors (Lipinski definition) is 5. The Kier molecular flexibility index (Phi) is 5.73. The summed E-state index contributed by atoms with van der Waals surface area (Å²) >= 11 is 0. The summed E-state index contributed by atoms with van der Waals surface area (Å²) in [5, 5.41) is 6.92. The highest BCUT2D eigenvalue weighted by atomic mass is 16.5. The number of nitrogens with zero attached hydrogens (tertiary/aromatic N) is 2. The Morgan fingerprint density at radius 3 is 2.84 bits per heavy atom. The smallest absolute Gasteiger partial charge is 0.273 e. The summed E-state index contributed by atoms with van der Waals surface area (Å²) < 4.78 is 5.24. The number of amides is 2. The molecule has 1 saturated heterocycles. The van der Waals surface area contributed by atoms with Gasteiger partial charge in [0.2, 0.25) is 5.91 Å². The molecule has 1 aromatic heterocycles. The van der Waals surface area contributed by atoms with Crippen molar-refractivity contribution in [3.8, 4) is 0 Å². The summed E-state index contributed by atoms with van der Waals surface area (Å²) in [6.07, 6.45) is 6.05. The van der Waals surface area contributed by atoms with Crippen LogP contribution in [0.4, 0.5) is 0 Å². The highest BCUT2D eigenvalue weighted by Crippen LogP contribution is 2.40. The first-order chi connectivity index (χ1) is 12.1. The molecule has 0 spiro atoms. The lowest BCUT2D eigenvalue weighted by molar-refractivity contribution is -0.134. The van der Waals surface area contributed by atoms with Gasteiger partial charge in [0.1, 0.15) is 5.76 Å². The standard InChI is InChI=1S/C18H28N4O3/c1-12-10-14(7-9-22(12)17(23)4-2-3-8-19)20-18(24)15-11-16(25-21-15)13-5-6-13/h11-14H,2-10,19H2,1H3,(H,20,24)/t12-,14+/m0/s1. The fourth-order valence-corrected chi connectivity index (χ4v) is 3.45.